The van der Waals surface area contributed by atoms with E-state index in [2.05, 4.69) is 15.5 Å². The van der Waals surface area contributed by atoms with Gasteiger partial charge in [-0.25, -0.2) is 0 Å². The first-order valence-electron chi connectivity index (χ1n) is 6.44. The highest BCUT2D eigenvalue weighted by molar-refractivity contribution is 7.15. The molecule has 22 heavy (non-hydrogen) atoms. The number of carbonyl (C=O) groups excluding carboxylic acids is 1. The molecule has 2 rings (SSSR count). The molecule has 2 aromatic rings. The van der Waals surface area contributed by atoms with E-state index in [-0.39, 0.29) is 18.3 Å². The van der Waals surface area contributed by atoms with Crippen molar-refractivity contribution >= 4 is 34.8 Å². The number of aromatic nitrogens is 2. The van der Waals surface area contributed by atoms with Crippen molar-refractivity contribution in [3.8, 4) is 5.75 Å². The van der Waals surface area contributed by atoms with E-state index in [1.54, 1.807) is 21.0 Å². The summed E-state index contributed by atoms with van der Waals surface area (Å²) >= 11 is 1.34. The van der Waals surface area contributed by atoms with Crippen LogP contribution in [0.3, 0.4) is 0 Å². The fourth-order valence-electron chi connectivity index (χ4n) is 1.59. The van der Waals surface area contributed by atoms with Gasteiger partial charge in [-0.1, -0.05) is 23.5 Å². The highest BCUT2D eigenvalue weighted by atomic mass is 35.5. The minimum Gasteiger partial charge on any atom is -0.497 e. The smallest absolute Gasteiger partial charge is 0.245 e. The maximum Gasteiger partial charge on any atom is 0.245 e. The molecule has 0 saturated carbocycles. The van der Waals surface area contributed by atoms with Crippen LogP contribution in [-0.2, 0) is 11.2 Å². The van der Waals surface area contributed by atoms with Crippen LogP contribution in [0.4, 0.5) is 5.13 Å². The Morgan fingerprint density at radius 1 is 1.41 bits per heavy atom. The Kier molecular flexibility index (Phi) is 6.28. The SMILES string of the molecule is COc1cccc(Cc2nnc(NC(=O)C(C)(C)N)s2)c1.Cl. The number of nitrogens with one attached hydrogen (secondary N) is 1. The quantitative estimate of drug-likeness (QED) is 0.869. The number of nitrogens with zero attached hydrogens (tertiary/aromatic N) is 2. The van der Waals surface area contributed by atoms with Crippen LogP contribution in [0.25, 0.3) is 0 Å². The van der Waals surface area contributed by atoms with E-state index in [1.807, 2.05) is 24.3 Å². The molecular formula is C14H19ClN4O2S. The summed E-state index contributed by atoms with van der Waals surface area (Å²) in [6.45, 7) is 3.28. The van der Waals surface area contributed by atoms with Gasteiger partial charge in [-0.15, -0.1) is 22.6 Å². The van der Waals surface area contributed by atoms with Crippen molar-refractivity contribution in [3.05, 3.63) is 34.8 Å². The Morgan fingerprint density at radius 2 is 2.14 bits per heavy atom. The van der Waals surface area contributed by atoms with E-state index in [9.17, 15) is 4.79 Å². The fourth-order valence-corrected chi connectivity index (χ4v) is 2.36. The molecule has 0 aliphatic heterocycles. The first kappa shape index (κ1) is 18.3. The minimum absolute atomic E-state index is 0. The number of rotatable bonds is 5. The van der Waals surface area contributed by atoms with Gasteiger partial charge in [0.2, 0.25) is 11.0 Å². The zero-order chi connectivity index (χ0) is 15.5. The second kappa shape index (κ2) is 7.53. The van der Waals surface area contributed by atoms with Crippen molar-refractivity contribution < 1.29 is 9.53 Å². The predicted octanol–water partition coefficient (Wildman–Crippen LogP) is 2.24. The van der Waals surface area contributed by atoms with Crippen LogP contribution in [-0.4, -0.2) is 28.8 Å². The number of anilines is 1. The summed E-state index contributed by atoms with van der Waals surface area (Å²) in [4.78, 5) is 11.8. The molecule has 0 unspecified atom stereocenters. The van der Waals surface area contributed by atoms with Gasteiger partial charge in [0.05, 0.1) is 12.6 Å². The molecule has 3 N–H and O–H groups in total. The normalized spacial score (nSPS) is 10.7. The number of benzene rings is 1. The lowest BCUT2D eigenvalue weighted by Crippen LogP contribution is -2.45. The van der Waals surface area contributed by atoms with Crippen LogP contribution in [0.1, 0.15) is 24.4 Å². The number of nitrogens with two attached hydrogens (primary N) is 1. The number of hydrogen-bond donors (Lipinski definition) is 2. The van der Waals surface area contributed by atoms with E-state index in [0.717, 1.165) is 16.3 Å². The summed E-state index contributed by atoms with van der Waals surface area (Å²) < 4.78 is 5.18. The van der Waals surface area contributed by atoms with Crippen molar-refractivity contribution in [1.82, 2.24) is 10.2 Å². The Bertz CT molecular complexity index is 640. The molecule has 0 atom stereocenters. The molecule has 1 amide bonds. The summed E-state index contributed by atoms with van der Waals surface area (Å²) in [5.41, 5.74) is 5.85. The summed E-state index contributed by atoms with van der Waals surface area (Å²) in [6.07, 6.45) is 0.636. The number of methoxy groups -OCH3 is 1. The van der Waals surface area contributed by atoms with Gasteiger partial charge in [-0.3, -0.25) is 10.1 Å². The van der Waals surface area contributed by atoms with Crippen LogP contribution in [0.2, 0.25) is 0 Å². The number of carbonyl (C=O) groups is 1. The molecule has 0 spiro atoms. The predicted molar refractivity (Wildman–Crippen MR) is 89.9 cm³/mol. The molecule has 0 bridgehead atoms. The van der Waals surface area contributed by atoms with Crippen LogP contribution >= 0.6 is 23.7 Å². The van der Waals surface area contributed by atoms with Gasteiger partial charge in [-0.05, 0) is 31.5 Å². The molecule has 120 valence electrons. The molecule has 8 heteroatoms. The third kappa shape index (κ3) is 4.94. The van der Waals surface area contributed by atoms with Gasteiger partial charge in [-0.2, -0.15) is 0 Å². The molecule has 0 aliphatic rings. The zero-order valence-electron chi connectivity index (χ0n) is 12.6. The molecule has 1 heterocycles. The maximum atomic E-state index is 11.8. The first-order chi connectivity index (χ1) is 9.88. The maximum absolute atomic E-state index is 11.8. The van der Waals surface area contributed by atoms with Gasteiger partial charge in [0, 0.05) is 6.42 Å². The molecule has 6 nitrogen and oxygen atoms in total. The molecule has 0 aliphatic carbocycles. The van der Waals surface area contributed by atoms with Crippen molar-refractivity contribution in [2.45, 2.75) is 25.8 Å². The lowest BCUT2D eigenvalue weighted by molar-refractivity contribution is -0.120. The fraction of sp³-hybridized carbons (Fsp3) is 0.357. The van der Waals surface area contributed by atoms with E-state index in [1.165, 1.54) is 11.3 Å². The highest BCUT2D eigenvalue weighted by Gasteiger charge is 2.23. The third-order valence-electron chi connectivity index (χ3n) is 2.76. The summed E-state index contributed by atoms with van der Waals surface area (Å²) in [6, 6.07) is 7.75. The van der Waals surface area contributed by atoms with Crippen molar-refractivity contribution in [2.75, 3.05) is 12.4 Å². The Balaban J connectivity index is 0.00000242. The lowest BCUT2D eigenvalue weighted by Gasteiger charge is -2.15. The average Bonchev–Trinajstić information content (AvgIpc) is 2.85. The standard InChI is InChI=1S/C14H18N4O2S.ClH/c1-14(2,15)12(19)16-13-18-17-11(21-13)8-9-5-4-6-10(7-9)20-3;/h4-7H,8,15H2,1-3H3,(H,16,18,19);1H. The highest BCUT2D eigenvalue weighted by Crippen LogP contribution is 2.21. The molecule has 1 aromatic heterocycles. The van der Waals surface area contributed by atoms with Crippen molar-refractivity contribution in [3.63, 3.8) is 0 Å². The van der Waals surface area contributed by atoms with Gasteiger partial charge in [0.25, 0.3) is 0 Å². The van der Waals surface area contributed by atoms with Gasteiger partial charge < -0.3 is 10.5 Å². The van der Waals surface area contributed by atoms with Crippen LogP contribution < -0.4 is 15.8 Å². The van der Waals surface area contributed by atoms with E-state index in [0.29, 0.717) is 11.6 Å². The summed E-state index contributed by atoms with van der Waals surface area (Å²) in [7, 11) is 1.63. The number of amides is 1. The third-order valence-corrected chi connectivity index (χ3v) is 3.60. The molecule has 0 fully saturated rings. The minimum atomic E-state index is -0.946. The van der Waals surface area contributed by atoms with Crippen LogP contribution in [0.5, 0.6) is 5.75 Å². The lowest BCUT2D eigenvalue weighted by atomic mass is 10.1. The number of ether oxygens (including phenoxy) is 1. The number of halogens is 1. The number of hydrogen-bond acceptors (Lipinski definition) is 6. The average molecular weight is 343 g/mol. The largest absolute Gasteiger partial charge is 0.497 e. The van der Waals surface area contributed by atoms with Crippen molar-refractivity contribution in [1.29, 1.82) is 0 Å². The first-order valence-corrected chi connectivity index (χ1v) is 7.26. The summed E-state index contributed by atoms with van der Waals surface area (Å²) in [5.74, 6) is 0.516. The molecule has 0 saturated heterocycles. The van der Waals surface area contributed by atoms with Crippen LogP contribution in [0, 0.1) is 0 Å². The summed E-state index contributed by atoms with van der Waals surface area (Å²) in [5, 5.41) is 12.0. The monoisotopic (exact) mass is 342 g/mol. The molecular weight excluding hydrogens is 324 g/mol. The van der Waals surface area contributed by atoms with Gasteiger partial charge >= 0.3 is 0 Å². The Hall–Kier alpha value is -1.70. The molecule has 0 radical (unpaired) electrons. The van der Waals surface area contributed by atoms with E-state index in [4.69, 9.17) is 10.5 Å². The van der Waals surface area contributed by atoms with Gasteiger partial charge in [0.1, 0.15) is 10.8 Å². The van der Waals surface area contributed by atoms with E-state index < -0.39 is 5.54 Å². The topological polar surface area (TPSA) is 90.1 Å². The Labute approximate surface area is 139 Å². The van der Waals surface area contributed by atoms with E-state index >= 15 is 0 Å². The molecule has 1 aromatic carbocycles. The van der Waals surface area contributed by atoms with Crippen molar-refractivity contribution in [2.24, 2.45) is 5.73 Å². The zero-order valence-corrected chi connectivity index (χ0v) is 14.3. The Morgan fingerprint density at radius 3 is 2.77 bits per heavy atom. The second-order valence-electron chi connectivity index (χ2n) is 5.21. The van der Waals surface area contributed by atoms with Gasteiger partial charge in [0.15, 0.2) is 0 Å². The second-order valence-corrected chi connectivity index (χ2v) is 6.27. The van der Waals surface area contributed by atoms with Crippen LogP contribution in [0.15, 0.2) is 24.3 Å².